The maximum Gasteiger partial charge on any atom is 0.257 e. The minimum atomic E-state index is -0.414. The third kappa shape index (κ3) is 5.12. The van der Waals surface area contributed by atoms with Crippen LogP contribution in [0.4, 0.5) is 0 Å². The van der Waals surface area contributed by atoms with E-state index in [0.717, 1.165) is 31.4 Å². The Labute approximate surface area is 125 Å². The third-order valence-electron chi connectivity index (χ3n) is 3.84. The Morgan fingerprint density at radius 2 is 2.19 bits per heavy atom. The maximum absolute atomic E-state index is 11.9. The molecule has 1 heterocycles. The van der Waals surface area contributed by atoms with Gasteiger partial charge in [0.15, 0.2) is 0 Å². The molecular formula is C16H24N2O3. The number of hydroxylamine groups is 1. The van der Waals surface area contributed by atoms with Gasteiger partial charge in [0.05, 0.1) is 19.3 Å². The second kappa shape index (κ2) is 8.12. The smallest absolute Gasteiger partial charge is 0.257 e. The van der Waals surface area contributed by atoms with Gasteiger partial charge in [0, 0.05) is 6.04 Å². The predicted octanol–water partition coefficient (Wildman–Crippen LogP) is 1.47. The summed E-state index contributed by atoms with van der Waals surface area (Å²) in [5.74, 6) is -0.168. The van der Waals surface area contributed by atoms with E-state index >= 15 is 0 Å². The fourth-order valence-electron chi connectivity index (χ4n) is 2.75. The molecule has 0 bridgehead atoms. The molecule has 2 unspecified atom stereocenters. The summed E-state index contributed by atoms with van der Waals surface area (Å²) in [5.41, 5.74) is 3.49. The monoisotopic (exact) mass is 292 g/mol. The molecule has 1 aromatic carbocycles. The summed E-state index contributed by atoms with van der Waals surface area (Å²) in [6, 6.07) is 9.76. The molecule has 0 saturated carbocycles. The molecule has 5 heteroatoms. The van der Waals surface area contributed by atoms with Crippen LogP contribution in [0.5, 0.6) is 0 Å². The fraction of sp³-hybridized carbons (Fsp3) is 0.562. The maximum atomic E-state index is 11.9. The molecule has 116 valence electrons. The zero-order chi connectivity index (χ0) is 15.1. The second-order valence-corrected chi connectivity index (χ2v) is 5.57. The first-order chi connectivity index (χ1) is 10.2. The lowest BCUT2D eigenvalue weighted by atomic mass is 9.98. The van der Waals surface area contributed by atoms with Crippen LogP contribution in [0.2, 0.25) is 0 Å². The molecule has 21 heavy (non-hydrogen) atoms. The van der Waals surface area contributed by atoms with Gasteiger partial charge in [-0.05, 0) is 31.9 Å². The second-order valence-electron chi connectivity index (χ2n) is 5.57. The number of nitrogens with one attached hydrogen (secondary N) is 1. The van der Waals surface area contributed by atoms with E-state index in [1.807, 2.05) is 35.2 Å². The van der Waals surface area contributed by atoms with E-state index in [-0.39, 0.29) is 18.5 Å². The molecule has 0 aliphatic carbocycles. The Kier molecular flexibility index (Phi) is 6.17. The molecular weight excluding hydrogens is 268 g/mol. The first-order valence-corrected chi connectivity index (χ1v) is 7.53. The number of aliphatic hydroxyl groups excluding tert-OH is 1. The molecule has 1 aromatic rings. The van der Waals surface area contributed by atoms with Crippen LogP contribution in [0.25, 0.3) is 0 Å². The van der Waals surface area contributed by atoms with Crippen molar-refractivity contribution in [3.05, 3.63) is 35.9 Å². The summed E-state index contributed by atoms with van der Waals surface area (Å²) < 4.78 is 0. The lowest BCUT2D eigenvalue weighted by molar-refractivity contribution is -0.137. The molecule has 2 atom stereocenters. The number of carbonyl (C=O) groups is 1. The fourth-order valence-corrected chi connectivity index (χ4v) is 2.75. The van der Waals surface area contributed by atoms with Gasteiger partial charge in [0.2, 0.25) is 0 Å². The average Bonchev–Trinajstić information content (AvgIpc) is 2.48. The van der Waals surface area contributed by atoms with Crippen LogP contribution in [0.3, 0.4) is 0 Å². The summed E-state index contributed by atoms with van der Waals surface area (Å²) in [6.07, 6.45) is 2.71. The van der Waals surface area contributed by atoms with Crippen molar-refractivity contribution < 1.29 is 14.7 Å². The van der Waals surface area contributed by atoms with Gasteiger partial charge in [0.25, 0.3) is 5.91 Å². The zero-order valence-corrected chi connectivity index (χ0v) is 12.5. The van der Waals surface area contributed by atoms with Crippen LogP contribution in [-0.2, 0) is 16.2 Å². The Morgan fingerprint density at radius 3 is 2.90 bits per heavy atom. The lowest BCUT2D eigenvalue weighted by Gasteiger charge is -2.36. The number of carbonyl (C=O) groups excluding carboxylic acids is 1. The molecule has 1 saturated heterocycles. The highest BCUT2D eigenvalue weighted by Gasteiger charge is 2.27. The Hall–Kier alpha value is -1.43. The van der Waals surface area contributed by atoms with Gasteiger partial charge < -0.3 is 5.11 Å². The molecule has 1 amide bonds. The van der Waals surface area contributed by atoms with Crippen molar-refractivity contribution >= 4 is 5.91 Å². The van der Waals surface area contributed by atoms with E-state index in [4.69, 9.17) is 4.84 Å². The number of benzene rings is 1. The average molecular weight is 292 g/mol. The highest BCUT2D eigenvalue weighted by Crippen LogP contribution is 2.19. The Bertz CT molecular complexity index is 436. The first-order valence-electron chi connectivity index (χ1n) is 7.53. The highest BCUT2D eigenvalue weighted by atomic mass is 16.6. The van der Waals surface area contributed by atoms with Gasteiger partial charge in [-0.3, -0.25) is 14.5 Å². The molecule has 0 aromatic heterocycles. The molecule has 1 aliphatic heterocycles. The minimum Gasteiger partial charge on any atom is -0.392 e. The van der Waals surface area contributed by atoms with Crippen molar-refractivity contribution in [3.63, 3.8) is 0 Å². The van der Waals surface area contributed by atoms with Gasteiger partial charge in [-0.2, -0.15) is 0 Å². The van der Waals surface area contributed by atoms with E-state index in [1.54, 1.807) is 6.92 Å². The molecule has 2 rings (SSSR count). The Balaban J connectivity index is 1.73. The van der Waals surface area contributed by atoms with Crippen LogP contribution in [0, 0.1) is 0 Å². The van der Waals surface area contributed by atoms with Crippen LogP contribution in [-0.4, -0.2) is 41.1 Å². The van der Waals surface area contributed by atoms with E-state index in [1.165, 1.54) is 0 Å². The van der Waals surface area contributed by atoms with Gasteiger partial charge >= 0.3 is 0 Å². The van der Waals surface area contributed by atoms with E-state index in [9.17, 15) is 9.90 Å². The summed E-state index contributed by atoms with van der Waals surface area (Å²) in [6.45, 7) is 3.26. The number of nitrogens with zero attached hydrogens (tertiary/aromatic N) is 1. The first kappa shape index (κ1) is 15.9. The van der Waals surface area contributed by atoms with E-state index in [2.05, 4.69) is 5.48 Å². The molecule has 2 N–H and O–H groups in total. The van der Waals surface area contributed by atoms with Crippen molar-refractivity contribution in [1.29, 1.82) is 0 Å². The van der Waals surface area contributed by atoms with E-state index in [0.29, 0.717) is 6.61 Å². The molecule has 1 fully saturated rings. The summed E-state index contributed by atoms with van der Waals surface area (Å²) in [5, 5.41) is 9.78. The predicted molar refractivity (Wildman–Crippen MR) is 80.3 cm³/mol. The van der Waals surface area contributed by atoms with Crippen molar-refractivity contribution in [2.45, 2.75) is 44.9 Å². The normalized spacial score (nSPS) is 21.0. The zero-order valence-electron chi connectivity index (χ0n) is 12.5. The van der Waals surface area contributed by atoms with Crippen LogP contribution >= 0.6 is 0 Å². The molecule has 5 nitrogen and oxygen atoms in total. The summed E-state index contributed by atoms with van der Waals surface area (Å²) in [7, 11) is 0. The standard InChI is InChI=1S/C16H24N2O3/c1-13(19)15-9-5-6-10-18(15)11-16(20)17-21-12-14-7-3-2-4-8-14/h2-4,7-8,13,15,19H,5-6,9-12H2,1H3,(H,17,20). The highest BCUT2D eigenvalue weighted by molar-refractivity contribution is 5.77. The van der Waals surface area contributed by atoms with Crippen LogP contribution in [0.15, 0.2) is 30.3 Å². The van der Waals surface area contributed by atoms with Crippen LogP contribution < -0.4 is 5.48 Å². The molecule has 0 radical (unpaired) electrons. The van der Waals surface area contributed by atoms with Gasteiger partial charge in [0.1, 0.15) is 0 Å². The van der Waals surface area contributed by atoms with E-state index < -0.39 is 6.10 Å². The lowest BCUT2D eigenvalue weighted by Crippen LogP contribution is -2.49. The number of amides is 1. The third-order valence-corrected chi connectivity index (χ3v) is 3.84. The van der Waals surface area contributed by atoms with Crippen molar-refractivity contribution in [1.82, 2.24) is 10.4 Å². The number of rotatable bonds is 6. The number of hydrogen-bond acceptors (Lipinski definition) is 4. The molecule has 0 spiro atoms. The quantitative estimate of drug-likeness (QED) is 0.780. The van der Waals surface area contributed by atoms with Crippen LogP contribution in [0.1, 0.15) is 31.7 Å². The van der Waals surface area contributed by atoms with Gasteiger partial charge in [-0.25, -0.2) is 5.48 Å². The number of likely N-dealkylation sites (tertiary alicyclic amines) is 1. The van der Waals surface area contributed by atoms with Gasteiger partial charge in [-0.15, -0.1) is 0 Å². The number of aliphatic hydroxyl groups is 1. The largest absolute Gasteiger partial charge is 0.392 e. The van der Waals surface area contributed by atoms with Crippen molar-refractivity contribution in [2.24, 2.45) is 0 Å². The van der Waals surface area contributed by atoms with Crippen molar-refractivity contribution in [3.8, 4) is 0 Å². The molecule has 1 aliphatic rings. The SMILES string of the molecule is CC(O)C1CCCCN1CC(=O)NOCc1ccccc1. The van der Waals surface area contributed by atoms with Crippen molar-refractivity contribution in [2.75, 3.05) is 13.1 Å². The van der Waals surface area contributed by atoms with Gasteiger partial charge in [-0.1, -0.05) is 36.8 Å². The Morgan fingerprint density at radius 1 is 1.43 bits per heavy atom. The number of piperidine rings is 1. The summed E-state index contributed by atoms with van der Waals surface area (Å²) in [4.78, 5) is 19.2. The topological polar surface area (TPSA) is 61.8 Å². The summed E-state index contributed by atoms with van der Waals surface area (Å²) >= 11 is 0. The number of hydrogen-bond donors (Lipinski definition) is 2. The minimum absolute atomic E-state index is 0.0682.